The highest BCUT2D eigenvalue weighted by atomic mass is 32.1. The second-order valence-electron chi connectivity index (χ2n) is 6.37. The van der Waals surface area contributed by atoms with Crippen LogP contribution in [0.1, 0.15) is 52.0 Å². The minimum Gasteiger partial charge on any atom is -0.465 e. The van der Waals surface area contributed by atoms with E-state index < -0.39 is 0 Å². The van der Waals surface area contributed by atoms with Crippen molar-refractivity contribution in [1.29, 1.82) is 0 Å². The average Bonchev–Trinajstić information content (AvgIpc) is 2.63. The third-order valence-corrected chi connectivity index (χ3v) is 4.85. The molecule has 2 aromatic carbocycles. The van der Waals surface area contributed by atoms with Crippen molar-refractivity contribution in [2.75, 3.05) is 12.4 Å². The predicted molar refractivity (Wildman–Crippen MR) is 111 cm³/mol. The number of carbonyl (C=O) groups excluding carboxylic acids is 1. The number of ether oxygens (including phenoxy) is 1. The molecule has 138 valence electrons. The fourth-order valence-corrected chi connectivity index (χ4v) is 3.07. The summed E-state index contributed by atoms with van der Waals surface area (Å²) in [5, 5.41) is 7.10. The fraction of sp³-hybridized carbons (Fsp3) is 0.333. The Morgan fingerprint density at radius 2 is 1.88 bits per heavy atom. The summed E-state index contributed by atoms with van der Waals surface area (Å²) in [5.74, 6) is -0.355. The molecule has 2 N–H and O–H groups in total. The van der Waals surface area contributed by atoms with Crippen LogP contribution in [0.25, 0.3) is 0 Å². The normalized spacial score (nSPS) is 11.6. The van der Waals surface area contributed by atoms with Crippen LogP contribution in [0.3, 0.4) is 0 Å². The minimum atomic E-state index is -0.355. The zero-order chi connectivity index (χ0) is 19.3. The summed E-state index contributed by atoms with van der Waals surface area (Å²) in [6.07, 6.45) is 0.908. The number of rotatable bonds is 5. The second-order valence-corrected chi connectivity index (χ2v) is 6.78. The van der Waals surface area contributed by atoms with Gasteiger partial charge in [-0.3, -0.25) is 0 Å². The molecule has 0 heterocycles. The smallest absolute Gasteiger partial charge is 0.338 e. The van der Waals surface area contributed by atoms with E-state index in [0.29, 0.717) is 10.7 Å². The van der Waals surface area contributed by atoms with Gasteiger partial charge in [-0.2, -0.15) is 0 Å². The van der Waals surface area contributed by atoms with Crippen molar-refractivity contribution in [1.82, 2.24) is 5.32 Å². The van der Waals surface area contributed by atoms with Crippen LogP contribution in [-0.4, -0.2) is 18.2 Å². The number of benzene rings is 2. The molecular formula is C21H26N2O2S. The van der Waals surface area contributed by atoms with Crippen molar-refractivity contribution >= 4 is 29.0 Å². The van der Waals surface area contributed by atoms with Gasteiger partial charge in [-0.05, 0) is 73.8 Å². The van der Waals surface area contributed by atoms with Crippen molar-refractivity contribution in [2.45, 2.75) is 40.2 Å². The predicted octanol–water partition coefficient (Wildman–Crippen LogP) is 4.84. The van der Waals surface area contributed by atoms with Crippen molar-refractivity contribution in [3.05, 3.63) is 64.2 Å². The molecule has 5 heteroatoms. The van der Waals surface area contributed by atoms with E-state index in [0.717, 1.165) is 17.7 Å². The van der Waals surface area contributed by atoms with E-state index in [4.69, 9.17) is 17.0 Å². The molecule has 0 spiro atoms. The van der Waals surface area contributed by atoms with Crippen LogP contribution in [0.15, 0.2) is 36.4 Å². The maximum atomic E-state index is 11.8. The van der Waals surface area contributed by atoms with Gasteiger partial charge in [0.25, 0.3) is 0 Å². The number of hydrogen-bond acceptors (Lipinski definition) is 3. The van der Waals surface area contributed by atoms with Crippen molar-refractivity contribution in [3.63, 3.8) is 0 Å². The van der Waals surface area contributed by atoms with E-state index in [1.54, 1.807) is 6.07 Å². The molecule has 0 fully saturated rings. The number of anilines is 1. The largest absolute Gasteiger partial charge is 0.465 e. The molecule has 2 aromatic rings. The molecule has 0 aliphatic heterocycles. The quantitative estimate of drug-likeness (QED) is 0.583. The van der Waals surface area contributed by atoms with E-state index in [1.165, 1.54) is 23.8 Å². The van der Waals surface area contributed by atoms with Crippen LogP contribution < -0.4 is 10.6 Å². The molecule has 0 bridgehead atoms. The average molecular weight is 371 g/mol. The van der Waals surface area contributed by atoms with Gasteiger partial charge in [0.05, 0.1) is 18.7 Å². The Labute approximate surface area is 161 Å². The zero-order valence-corrected chi connectivity index (χ0v) is 16.8. The summed E-state index contributed by atoms with van der Waals surface area (Å²) in [6, 6.07) is 12.0. The first kappa shape index (κ1) is 19.9. The van der Waals surface area contributed by atoms with Crippen LogP contribution in [0.4, 0.5) is 5.69 Å². The lowest BCUT2D eigenvalue weighted by Crippen LogP contribution is -2.32. The van der Waals surface area contributed by atoms with Gasteiger partial charge >= 0.3 is 5.97 Å². The van der Waals surface area contributed by atoms with E-state index in [2.05, 4.69) is 49.6 Å². The maximum Gasteiger partial charge on any atom is 0.338 e. The maximum absolute atomic E-state index is 11.8. The lowest BCUT2D eigenvalue weighted by atomic mass is 9.99. The molecule has 0 unspecified atom stereocenters. The minimum absolute atomic E-state index is 0.124. The Balaban J connectivity index is 2.14. The molecule has 26 heavy (non-hydrogen) atoms. The molecule has 0 radical (unpaired) electrons. The fourth-order valence-electron chi connectivity index (χ4n) is 2.82. The van der Waals surface area contributed by atoms with Crippen molar-refractivity contribution < 1.29 is 9.53 Å². The monoisotopic (exact) mass is 370 g/mol. The van der Waals surface area contributed by atoms with Crippen LogP contribution in [0.2, 0.25) is 0 Å². The summed E-state index contributed by atoms with van der Waals surface area (Å²) in [4.78, 5) is 11.8. The van der Waals surface area contributed by atoms with Crippen molar-refractivity contribution in [2.24, 2.45) is 0 Å². The van der Waals surface area contributed by atoms with Crippen LogP contribution in [0.5, 0.6) is 0 Å². The van der Waals surface area contributed by atoms with Gasteiger partial charge in [0.1, 0.15) is 0 Å². The highest BCUT2D eigenvalue weighted by molar-refractivity contribution is 7.80. The zero-order valence-electron chi connectivity index (χ0n) is 16.0. The highest BCUT2D eigenvalue weighted by Crippen LogP contribution is 2.22. The molecule has 2 rings (SSSR count). The summed E-state index contributed by atoms with van der Waals surface area (Å²) in [6.45, 7) is 8.22. The number of carbonyl (C=O) groups is 1. The van der Waals surface area contributed by atoms with Crippen LogP contribution in [0, 0.1) is 20.8 Å². The molecule has 0 saturated heterocycles. The van der Waals surface area contributed by atoms with E-state index in [-0.39, 0.29) is 12.0 Å². The Bertz CT molecular complexity index is 818. The Hall–Kier alpha value is -2.40. The Kier molecular flexibility index (Phi) is 6.75. The summed E-state index contributed by atoms with van der Waals surface area (Å²) >= 11 is 5.50. The van der Waals surface area contributed by atoms with E-state index in [1.807, 2.05) is 19.1 Å². The molecule has 0 amide bonds. The topological polar surface area (TPSA) is 50.4 Å². The number of aryl methyl sites for hydroxylation is 2. The van der Waals surface area contributed by atoms with Gasteiger partial charge in [-0.1, -0.05) is 31.2 Å². The van der Waals surface area contributed by atoms with Gasteiger partial charge in [-0.15, -0.1) is 0 Å². The van der Waals surface area contributed by atoms with Gasteiger partial charge in [0, 0.05) is 5.69 Å². The third kappa shape index (κ3) is 4.61. The van der Waals surface area contributed by atoms with Crippen LogP contribution in [-0.2, 0) is 4.74 Å². The standard InChI is InChI=1S/C21H26N2O2S/c1-6-18(16-11-10-13(2)14(3)12-16)22-21(26)23-19-9-7-8-17(15(19)4)20(24)25-5/h7-12,18H,6H2,1-5H3,(H2,22,23,26)/t18-/m0/s1. The van der Waals surface area contributed by atoms with Crippen molar-refractivity contribution in [3.8, 4) is 0 Å². The van der Waals surface area contributed by atoms with Gasteiger partial charge in [0.15, 0.2) is 5.11 Å². The first-order valence-corrected chi connectivity index (χ1v) is 9.10. The highest BCUT2D eigenvalue weighted by Gasteiger charge is 2.15. The first-order valence-electron chi connectivity index (χ1n) is 8.70. The van der Waals surface area contributed by atoms with Crippen LogP contribution >= 0.6 is 12.2 Å². The summed E-state index contributed by atoms with van der Waals surface area (Å²) < 4.78 is 4.82. The second kappa shape index (κ2) is 8.81. The van der Waals surface area contributed by atoms with E-state index >= 15 is 0 Å². The number of nitrogens with one attached hydrogen (secondary N) is 2. The lowest BCUT2D eigenvalue weighted by Gasteiger charge is -2.21. The molecule has 0 aliphatic rings. The summed E-state index contributed by atoms with van der Waals surface area (Å²) in [7, 11) is 1.38. The SMILES string of the molecule is CC[C@H](NC(=S)Nc1cccc(C(=O)OC)c1C)c1ccc(C)c(C)c1. The molecule has 0 saturated carbocycles. The Morgan fingerprint density at radius 1 is 1.15 bits per heavy atom. The molecule has 0 aromatic heterocycles. The van der Waals surface area contributed by atoms with Gasteiger partial charge in [-0.25, -0.2) is 4.79 Å². The molecule has 0 aliphatic carbocycles. The number of esters is 1. The van der Waals surface area contributed by atoms with Gasteiger partial charge < -0.3 is 15.4 Å². The number of thiocarbonyl (C=S) groups is 1. The van der Waals surface area contributed by atoms with E-state index in [9.17, 15) is 4.79 Å². The first-order chi connectivity index (χ1) is 12.4. The number of methoxy groups -OCH3 is 1. The summed E-state index contributed by atoms with van der Waals surface area (Å²) in [5.41, 5.74) is 5.88. The third-order valence-electron chi connectivity index (χ3n) is 4.63. The molecule has 4 nitrogen and oxygen atoms in total. The molecule has 1 atom stereocenters. The molecular weight excluding hydrogens is 344 g/mol. The number of hydrogen-bond donors (Lipinski definition) is 2. The Morgan fingerprint density at radius 3 is 2.50 bits per heavy atom. The van der Waals surface area contributed by atoms with Gasteiger partial charge in [0.2, 0.25) is 0 Å². The lowest BCUT2D eigenvalue weighted by molar-refractivity contribution is 0.0600.